The predicted octanol–water partition coefficient (Wildman–Crippen LogP) is 5.03. The van der Waals surface area contributed by atoms with E-state index in [4.69, 9.17) is 9.47 Å². The lowest BCUT2D eigenvalue weighted by Crippen LogP contribution is -2.40. The Morgan fingerprint density at radius 2 is 1.87 bits per heavy atom. The summed E-state index contributed by atoms with van der Waals surface area (Å²) in [5.74, 6) is -0.191. The summed E-state index contributed by atoms with van der Waals surface area (Å²) in [7, 11) is 0.955. The molecule has 0 radical (unpaired) electrons. The highest BCUT2D eigenvalue weighted by Crippen LogP contribution is 2.37. The molecular weight excluding hydrogens is 535 g/mol. The summed E-state index contributed by atoms with van der Waals surface area (Å²) in [6, 6.07) is 10.3. The number of hydrogen-bond donors (Lipinski definition) is 0. The summed E-state index contributed by atoms with van der Waals surface area (Å²) in [5, 5.41) is 0.547. The molecule has 0 fully saturated rings. The third-order valence-corrected chi connectivity index (χ3v) is 6.68. The van der Waals surface area contributed by atoms with Crippen molar-refractivity contribution in [1.82, 2.24) is 13.5 Å². The van der Waals surface area contributed by atoms with Crippen molar-refractivity contribution in [3.63, 3.8) is 0 Å². The molecule has 0 spiro atoms. The lowest BCUT2D eigenvalue weighted by molar-refractivity contribution is -0.146. The number of hydrogen-bond acceptors (Lipinski definition) is 7. The van der Waals surface area contributed by atoms with Gasteiger partial charge in [0.25, 0.3) is 5.56 Å². The minimum Gasteiger partial charge on any atom is -0.481 e. The first kappa shape index (κ1) is 27.8. The SMILES string of the molecule is C=C(C)CCOC(=O)COc1ccc(C)cc1-c1nsc2ccc(-n3c(=O)cc(C(F)(F)F)n(C)c3=O)cc12. The van der Waals surface area contributed by atoms with Crippen molar-refractivity contribution in [2.75, 3.05) is 13.2 Å². The summed E-state index contributed by atoms with van der Waals surface area (Å²) in [4.78, 5) is 37.5. The van der Waals surface area contributed by atoms with Gasteiger partial charge >= 0.3 is 17.8 Å². The average molecular weight is 560 g/mol. The molecule has 0 saturated carbocycles. The van der Waals surface area contributed by atoms with Crippen molar-refractivity contribution >= 4 is 27.6 Å². The highest BCUT2D eigenvalue weighted by molar-refractivity contribution is 7.13. The first-order chi connectivity index (χ1) is 18.4. The predicted molar refractivity (Wildman–Crippen MR) is 142 cm³/mol. The van der Waals surface area contributed by atoms with Gasteiger partial charge in [-0.15, -0.1) is 6.58 Å². The Balaban J connectivity index is 1.74. The van der Waals surface area contributed by atoms with Gasteiger partial charge in [-0.05, 0) is 55.7 Å². The number of aryl methyl sites for hydroxylation is 1. The van der Waals surface area contributed by atoms with Gasteiger partial charge in [-0.3, -0.25) is 9.36 Å². The lowest BCUT2D eigenvalue weighted by atomic mass is 10.0. The zero-order valence-corrected chi connectivity index (χ0v) is 22.1. The van der Waals surface area contributed by atoms with Crippen LogP contribution in [0.15, 0.2) is 64.2 Å². The van der Waals surface area contributed by atoms with Crippen LogP contribution in [0.2, 0.25) is 0 Å². The standard InChI is InChI=1S/C27H24F3N3O5S/c1-15(2)9-10-37-24(35)14-38-20-7-5-16(3)11-18(20)25-19-12-17(6-8-21(19)39-31-25)33-23(34)13-22(27(28,29)30)32(4)26(33)36/h5-8,11-13H,1,9-10,14H2,2-4H3. The first-order valence-corrected chi connectivity index (χ1v) is 12.5. The fraction of sp³-hybridized carbons (Fsp3) is 0.259. The molecule has 4 aromatic rings. The van der Waals surface area contributed by atoms with E-state index in [-0.39, 0.29) is 18.9 Å². The molecule has 0 aliphatic heterocycles. The van der Waals surface area contributed by atoms with Crippen LogP contribution in [-0.2, 0) is 22.8 Å². The van der Waals surface area contributed by atoms with Crippen LogP contribution in [-0.4, -0.2) is 32.7 Å². The van der Waals surface area contributed by atoms with Crippen molar-refractivity contribution in [3.8, 4) is 22.7 Å². The summed E-state index contributed by atoms with van der Waals surface area (Å²) in [6.45, 7) is 7.32. The van der Waals surface area contributed by atoms with E-state index >= 15 is 0 Å². The van der Waals surface area contributed by atoms with Crippen molar-refractivity contribution in [1.29, 1.82) is 0 Å². The molecule has 0 atom stereocenters. The molecule has 204 valence electrons. The van der Waals surface area contributed by atoms with E-state index in [9.17, 15) is 27.6 Å². The second kappa shape index (κ2) is 10.9. The van der Waals surface area contributed by atoms with E-state index in [1.54, 1.807) is 18.2 Å². The second-order valence-corrected chi connectivity index (χ2v) is 9.78. The van der Waals surface area contributed by atoms with Gasteiger partial charge < -0.3 is 9.47 Å². The minimum absolute atomic E-state index is 0.0829. The summed E-state index contributed by atoms with van der Waals surface area (Å²) in [5.41, 5.74) is -0.721. The highest BCUT2D eigenvalue weighted by atomic mass is 32.1. The number of carbonyl (C=O) groups is 1. The number of carbonyl (C=O) groups excluding carboxylic acids is 1. The van der Waals surface area contributed by atoms with Gasteiger partial charge in [0.2, 0.25) is 0 Å². The van der Waals surface area contributed by atoms with E-state index in [1.165, 1.54) is 12.1 Å². The Labute approximate surface area is 224 Å². The molecule has 12 heteroatoms. The zero-order valence-electron chi connectivity index (χ0n) is 21.3. The van der Waals surface area contributed by atoms with Gasteiger partial charge in [0.05, 0.1) is 22.7 Å². The number of esters is 1. The molecule has 2 aromatic heterocycles. The normalized spacial score (nSPS) is 11.5. The number of halogens is 3. The summed E-state index contributed by atoms with van der Waals surface area (Å²) >= 11 is 1.16. The summed E-state index contributed by atoms with van der Waals surface area (Å²) in [6.07, 6.45) is -4.32. The second-order valence-electron chi connectivity index (χ2n) is 8.97. The van der Waals surface area contributed by atoms with E-state index in [2.05, 4.69) is 11.0 Å². The Bertz CT molecular complexity index is 1700. The molecule has 0 aliphatic rings. The van der Waals surface area contributed by atoms with Gasteiger partial charge in [-0.2, -0.15) is 17.5 Å². The maximum absolute atomic E-state index is 13.3. The Morgan fingerprint density at radius 1 is 1.13 bits per heavy atom. The topological polar surface area (TPSA) is 92.4 Å². The number of benzene rings is 2. The molecule has 0 bridgehead atoms. The molecule has 8 nitrogen and oxygen atoms in total. The van der Waals surface area contributed by atoms with Crippen LogP contribution in [0.1, 0.15) is 24.6 Å². The molecule has 2 aromatic carbocycles. The fourth-order valence-electron chi connectivity index (χ4n) is 3.87. The third-order valence-electron chi connectivity index (χ3n) is 5.85. The largest absolute Gasteiger partial charge is 0.481 e. The smallest absolute Gasteiger partial charge is 0.431 e. The van der Waals surface area contributed by atoms with Crippen molar-refractivity contribution in [2.45, 2.75) is 26.4 Å². The van der Waals surface area contributed by atoms with Crippen molar-refractivity contribution in [2.24, 2.45) is 7.05 Å². The number of ether oxygens (including phenoxy) is 2. The van der Waals surface area contributed by atoms with E-state index in [1.807, 2.05) is 19.9 Å². The molecule has 2 heterocycles. The Morgan fingerprint density at radius 3 is 2.56 bits per heavy atom. The summed E-state index contributed by atoms with van der Waals surface area (Å²) < 4.78 is 57.0. The number of nitrogens with zero attached hydrogens (tertiary/aromatic N) is 3. The molecule has 0 unspecified atom stereocenters. The molecule has 0 aliphatic carbocycles. The third kappa shape index (κ3) is 5.95. The van der Waals surface area contributed by atoms with Crippen LogP contribution in [0, 0.1) is 6.92 Å². The van der Waals surface area contributed by atoms with Gasteiger partial charge in [0.15, 0.2) is 6.61 Å². The average Bonchev–Trinajstić information content (AvgIpc) is 3.28. The molecule has 0 amide bonds. The number of aromatic nitrogens is 3. The monoisotopic (exact) mass is 559 g/mol. The quantitative estimate of drug-likeness (QED) is 0.222. The Hall–Kier alpha value is -4.19. The van der Waals surface area contributed by atoms with Crippen LogP contribution in [0.25, 0.3) is 27.0 Å². The van der Waals surface area contributed by atoms with Crippen LogP contribution in [0.5, 0.6) is 5.75 Å². The maximum atomic E-state index is 13.3. The van der Waals surface area contributed by atoms with Gasteiger partial charge in [0, 0.05) is 30.5 Å². The maximum Gasteiger partial charge on any atom is 0.431 e. The molecule has 0 saturated heterocycles. The van der Waals surface area contributed by atoms with Crippen LogP contribution in [0.4, 0.5) is 13.2 Å². The molecule has 39 heavy (non-hydrogen) atoms. The zero-order chi connectivity index (χ0) is 28.5. The Kier molecular flexibility index (Phi) is 7.77. The van der Waals surface area contributed by atoms with Crippen LogP contribution < -0.4 is 16.0 Å². The van der Waals surface area contributed by atoms with E-state index in [0.29, 0.717) is 48.7 Å². The minimum atomic E-state index is -4.86. The molecule has 0 N–H and O–H groups in total. The van der Waals surface area contributed by atoms with Gasteiger partial charge in [-0.1, -0.05) is 17.2 Å². The molecular formula is C27H24F3N3O5S. The highest BCUT2D eigenvalue weighted by Gasteiger charge is 2.35. The van der Waals surface area contributed by atoms with Gasteiger partial charge in [0.1, 0.15) is 11.4 Å². The fourth-order valence-corrected chi connectivity index (χ4v) is 4.64. The van der Waals surface area contributed by atoms with E-state index < -0.39 is 29.1 Å². The number of fused-ring (bicyclic) bond motifs is 1. The van der Waals surface area contributed by atoms with E-state index in [0.717, 1.165) is 29.7 Å². The number of alkyl halides is 3. The number of rotatable bonds is 8. The molecule has 4 rings (SSSR count). The van der Waals surface area contributed by atoms with Gasteiger partial charge in [-0.25, -0.2) is 14.2 Å². The van der Waals surface area contributed by atoms with Crippen molar-refractivity contribution < 1.29 is 27.4 Å². The lowest BCUT2D eigenvalue weighted by Gasteiger charge is -2.14. The van der Waals surface area contributed by atoms with Crippen molar-refractivity contribution in [3.05, 3.63) is 86.7 Å². The van der Waals surface area contributed by atoms with Crippen LogP contribution >= 0.6 is 11.5 Å². The first-order valence-electron chi connectivity index (χ1n) is 11.7. The van der Waals surface area contributed by atoms with Crippen LogP contribution in [0.3, 0.4) is 0 Å².